The van der Waals surface area contributed by atoms with Crippen LogP contribution in [0.15, 0.2) is 30.3 Å². The fraction of sp³-hybridized carbons (Fsp3) is 0.471. The van der Waals surface area contributed by atoms with Crippen molar-refractivity contribution in [2.75, 3.05) is 0 Å². The highest BCUT2D eigenvalue weighted by molar-refractivity contribution is 6.09. The van der Waals surface area contributed by atoms with Gasteiger partial charge in [0.05, 0.1) is 11.5 Å². The Morgan fingerprint density at radius 2 is 1.76 bits per heavy atom. The molecule has 21 heavy (non-hydrogen) atoms. The fourth-order valence-electron chi connectivity index (χ4n) is 3.63. The molecule has 1 aromatic carbocycles. The molecular formula is C17H18N2O2. The number of carbonyl (C=O) groups excluding carboxylic acids is 2. The normalized spacial score (nSPS) is 27.9. The first-order chi connectivity index (χ1) is 10.0. The van der Waals surface area contributed by atoms with Crippen LogP contribution in [-0.2, 0) is 15.0 Å². The van der Waals surface area contributed by atoms with Crippen molar-refractivity contribution >= 4 is 11.8 Å². The summed E-state index contributed by atoms with van der Waals surface area (Å²) in [7, 11) is 0. The minimum absolute atomic E-state index is 0.152. The van der Waals surface area contributed by atoms with Gasteiger partial charge in [0.15, 0.2) is 0 Å². The molecule has 4 heteroatoms. The highest BCUT2D eigenvalue weighted by Crippen LogP contribution is 2.44. The van der Waals surface area contributed by atoms with Gasteiger partial charge in [-0.05, 0) is 38.2 Å². The Balaban J connectivity index is 2.02. The number of benzene rings is 1. The van der Waals surface area contributed by atoms with E-state index in [0.717, 1.165) is 18.4 Å². The van der Waals surface area contributed by atoms with Gasteiger partial charge in [-0.3, -0.25) is 14.5 Å². The molecule has 1 aliphatic heterocycles. The first-order valence-corrected chi connectivity index (χ1v) is 7.38. The van der Waals surface area contributed by atoms with Crippen LogP contribution in [0.2, 0.25) is 0 Å². The van der Waals surface area contributed by atoms with Gasteiger partial charge in [0.1, 0.15) is 5.54 Å². The lowest BCUT2D eigenvalue weighted by molar-refractivity contribution is -0.144. The Morgan fingerprint density at radius 1 is 1.14 bits per heavy atom. The SMILES string of the molecule is CC1(c2ccccc2)CC(=O)N(C2(C#N)CCCC2)C1=O. The minimum Gasteiger partial charge on any atom is -0.274 e. The summed E-state index contributed by atoms with van der Waals surface area (Å²) in [6, 6.07) is 11.6. The Kier molecular flexibility index (Phi) is 3.09. The van der Waals surface area contributed by atoms with Gasteiger partial charge < -0.3 is 0 Å². The zero-order valence-corrected chi connectivity index (χ0v) is 12.1. The molecule has 0 N–H and O–H groups in total. The van der Waals surface area contributed by atoms with E-state index in [1.807, 2.05) is 37.3 Å². The number of nitriles is 1. The third-order valence-electron chi connectivity index (χ3n) is 4.91. The van der Waals surface area contributed by atoms with E-state index in [1.165, 1.54) is 4.90 Å². The van der Waals surface area contributed by atoms with Crippen LogP contribution in [0, 0.1) is 11.3 Å². The summed E-state index contributed by atoms with van der Waals surface area (Å²) in [5, 5.41) is 9.56. The Bertz CT molecular complexity index is 626. The van der Waals surface area contributed by atoms with Crippen molar-refractivity contribution in [1.29, 1.82) is 5.26 Å². The van der Waals surface area contributed by atoms with Crippen LogP contribution in [-0.4, -0.2) is 22.3 Å². The second-order valence-electron chi connectivity index (χ2n) is 6.26. The second-order valence-corrected chi connectivity index (χ2v) is 6.26. The van der Waals surface area contributed by atoms with Gasteiger partial charge in [0.2, 0.25) is 11.8 Å². The molecule has 2 fully saturated rings. The Labute approximate surface area is 124 Å². The van der Waals surface area contributed by atoms with Crippen molar-refractivity contribution in [2.24, 2.45) is 0 Å². The van der Waals surface area contributed by atoms with E-state index >= 15 is 0 Å². The summed E-state index contributed by atoms with van der Waals surface area (Å²) < 4.78 is 0. The Morgan fingerprint density at radius 3 is 2.33 bits per heavy atom. The van der Waals surface area contributed by atoms with E-state index in [1.54, 1.807) is 0 Å². The molecule has 2 aliphatic rings. The van der Waals surface area contributed by atoms with Crippen molar-refractivity contribution in [3.63, 3.8) is 0 Å². The molecule has 1 aliphatic carbocycles. The smallest absolute Gasteiger partial charge is 0.241 e. The zero-order valence-electron chi connectivity index (χ0n) is 12.1. The molecular weight excluding hydrogens is 264 g/mol. The van der Waals surface area contributed by atoms with Crippen LogP contribution in [0.4, 0.5) is 0 Å². The van der Waals surface area contributed by atoms with Crippen molar-refractivity contribution in [3.05, 3.63) is 35.9 Å². The van der Waals surface area contributed by atoms with Gasteiger partial charge in [-0.1, -0.05) is 30.3 Å². The van der Waals surface area contributed by atoms with Crippen LogP contribution < -0.4 is 0 Å². The lowest BCUT2D eigenvalue weighted by Crippen LogP contribution is -2.51. The van der Waals surface area contributed by atoms with Crippen LogP contribution in [0.1, 0.15) is 44.6 Å². The number of imide groups is 1. The summed E-state index contributed by atoms with van der Waals surface area (Å²) in [6.07, 6.45) is 3.15. The monoisotopic (exact) mass is 282 g/mol. The van der Waals surface area contributed by atoms with Crippen molar-refractivity contribution in [1.82, 2.24) is 4.90 Å². The van der Waals surface area contributed by atoms with Gasteiger partial charge in [0.25, 0.3) is 0 Å². The van der Waals surface area contributed by atoms with E-state index in [-0.39, 0.29) is 18.2 Å². The summed E-state index contributed by atoms with van der Waals surface area (Å²) >= 11 is 0. The molecule has 0 aromatic heterocycles. The minimum atomic E-state index is -0.916. The van der Waals surface area contributed by atoms with Crippen molar-refractivity contribution in [3.8, 4) is 6.07 Å². The van der Waals surface area contributed by atoms with Gasteiger partial charge in [-0.15, -0.1) is 0 Å². The van der Waals surface area contributed by atoms with Gasteiger partial charge in [-0.25, -0.2) is 0 Å². The summed E-state index contributed by atoms with van der Waals surface area (Å²) in [6.45, 7) is 1.81. The molecule has 1 atom stereocenters. The highest BCUT2D eigenvalue weighted by Gasteiger charge is 2.57. The quantitative estimate of drug-likeness (QED) is 0.783. The lowest BCUT2D eigenvalue weighted by Gasteiger charge is -2.32. The van der Waals surface area contributed by atoms with Crippen LogP contribution in [0.25, 0.3) is 0 Å². The molecule has 1 unspecified atom stereocenters. The molecule has 1 saturated carbocycles. The van der Waals surface area contributed by atoms with E-state index < -0.39 is 11.0 Å². The second kappa shape index (κ2) is 4.70. The molecule has 1 heterocycles. The summed E-state index contributed by atoms with van der Waals surface area (Å²) in [5.41, 5.74) is -0.914. The number of carbonyl (C=O) groups is 2. The highest BCUT2D eigenvalue weighted by atomic mass is 16.2. The first-order valence-electron chi connectivity index (χ1n) is 7.38. The largest absolute Gasteiger partial charge is 0.274 e. The van der Waals surface area contributed by atoms with E-state index in [0.29, 0.717) is 12.8 Å². The molecule has 2 amide bonds. The molecule has 108 valence electrons. The molecule has 0 radical (unpaired) electrons. The predicted octanol–water partition coefficient (Wildman–Crippen LogP) is 2.54. The Hall–Kier alpha value is -2.15. The number of amides is 2. The maximum Gasteiger partial charge on any atom is 0.241 e. The van der Waals surface area contributed by atoms with Crippen LogP contribution in [0.5, 0.6) is 0 Å². The molecule has 4 nitrogen and oxygen atoms in total. The molecule has 0 spiro atoms. The maximum atomic E-state index is 12.9. The number of hydrogen-bond donors (Lipinski definition) is 0. The number of rotatable bonds is 2. The summed E-state index contributed by atoms with van der Waals surface area (Å²) in [5.74, 6) is -0.433. The topological polar surface area (TPSA) is 61.2 Å². The number of nitrogens with zero attached hydrogens (tertiary/aromatic N) is 2. The number of hydrogen-bond acceptors (Lipinski definition) is 3. The lowest BCUT2D eigenvalue weighted by atomic mass is 9.81. The predicted molar refractivity (Wildman–Crippen MR) is 77.1 cm³/mol. The zero-order chi connectivity index (χ0) is 15.1. The average molecular weight is 282 g/mol. The van der Waals surface area contributed by atoms with Gasteiger partial charge >= 0.3 is 0 Å². The van der Waals surface area contributed by atoms with E-state index in [9.17, 15) is 14.9 Å². The fourth-order valence-corrected chi connectivity index (χ4v) is 3.63. The molecule has 1 aromatic rings. The van der Waals surface area contributed by atoms with Crippen molar-refractivity contribution < 1.29 is 9.59 Å². The van der Waals surface area contributed by atoms with E-state index in [4.69, 9.17) is 0 Å². The first kappa shape index (κ1) is 13.8. The third kappa shape index (κ3) is 1.88. The third-order valence-corrected chi connectivity index (χ3v) is 4.91. The van der Waals surface area contributed by atoms with Gasteiger partial charge in [-0.2, -0.15) is 5.26 Å². The molecule has 3 rings (SSSR count). The van der Waals surface area contributed by atoms with Crippen molar-refractivity contribution in [2.45, 2.75) is 50.0 Å². The summed E-state index contributed by atoms with van der Waals surface area (Å²) in [4.78, 5) is 26.7. The van der Waals surface area contributed by atoms with E-state index in [2.05, 4.69) is 6.07 Å². The van der Waals surface area contributed by atoms with Crippen LogP contribution in [0.3, 0.4) is 0 Å². The average Bonchev–Trinajstić information content (AvgIpc) is 3.05. The molecule has 1 saturated heterocycles. The number of likely N-dealkylation sites (tertiary alicyclic amines) is 1. The molecule has 0 bridgehead atoms. The van der Waals surface area contributed by atoms with Crippen LogP contribution >= 0.6 is 0 Å². The van der Waals surface area contributed by atoms with Gasteiger partial charge in [0, 0.05) is 6.42 Å². The standard InChI is InChI=1S/C17H18N2O2/c1-16(13-7-3-2-4-8-13)11-14(20)19(15(16)21)17(12-18)9-5-6-10-17/h2-4,7-8H,5-6,9-11H2,1H3. The maximum absolute atomic E-state index is 12.9.